The molecule has 0 bridgehead atoms. The lowest BCUT2D eigenvalue weighted by Gasteiger charge is -1.89. The van der Waals surface area contributed by atoms with E-state index in [0.717, 1.165) is 5.69 Å². The molecule has 1 aromatic heterocycles. The Bertz CT molecular complexity index is 322. The standard InChI is InChI=1S/C7H5NO2/c9-6-3-5-1-2-7(10)8(5)4-6/h1-4,9H. The molecule has 3 heteroatoms. The Labute approximate surface area is 57.2 Å². The minimum atomic E-state index is -0.102. The number of aromatic hydroxyl groups is 1. The van der Waals surface area contributed by atoms with Crippen LogP contribution in [0.3, 0.4) is 0 Å². The summed E-state index contributed by atoms with van der Waals surface area (Å²) >= 11 is 0. The molecule has 0 atom stereocenters. The van der Waals surface area contributed by atoms with E-state index in [9.17, 15) is 4.79 Å². The van der Waals surface area contributed by atoms with Crippen molar-refractivity contribution < 1.29 is 9.90 Å². The molecule has 1 aliphatic rings. The summed E-state index contributed by atoms with van der Waals surface area (Å²) in [6.45, 7) is 0. The highest BCUT2D eigenvalue weighted by molar-refractivity contribution is 5.99. The van der Waals surface area contributed by atoms with E-state index in [1.807, 2.05) is 0 Å². The van der Waals surface area contributed by atoms with Gasteiger partial charge in [0.05, 0.1) is 11.9 Å². The van der Waals surface area contributed by atoms with Crippen molar-refractivity contribution in [2.75, 3.05) is 0 Å². The van der Waals surface area contributed by atoms with E-state index in [0.29, 0.717) is 0 Å². The predicted molar refractivity (Wildman–Crippen MR) is 35.8 cm³/mol. The Morgan fingerprint density at radius 1 is 1.40 bits per heavy atom. The maximum atomic E-state index is 10.8. The zero-order valence-corrected chi connectivity index (χ0v) is 5.11. The van der Waals surface area contributed by atoms with Crippen LogP contribution in [-0.2, 0) is 0 Å². The van der Waals surface area contributed by atoms with Gasteiger partial charge < -0.3 is 5.11 Å². The first-order valence-electron chi connectivity index (χ1n) is 2.91. The number of allylic oxidation sites excluding steroid dienone is 1. The molecule has 3 nitrogen and oxygen atoms in total. The van der Waals surface area contributed by atoms with Crippen molar-refractivity contribution in [3.05, 3.63) is 24.0 Å². The molecule has 0 fully saturated rings. The molecule has 2 heterocycles. The van der Waals surface area contributed by atoms with Crippen LogP contribution in [0, 0.1) is 0 Å². The van der Waals surface area contributed by atoms with E-state index in [2.05, 4.69) is 0 Å². The normalized spacial score (nSPS) is 14.2. The zero-order valence-electron chi connectivity index (χ0n) is 5.11. The summed E-state index contributed by atoms with van der Waals surface area (Å²) in [6.07, 6.45) is 4.54. The summed E-state index contributed by atoms with van der Waals surface area (Å²) in [7, 11) is 0. The molecule has 0 radical (unpaired) electrons. The molecule has 0 spiro atoms. The third-order valence-electron chi connectivity index (χ3n) is 1.47. The summed E-state index contributed by atoms with van der Waals surface area (Å²) in [5, 5.41) is 8.91. The lowest BCUT2D eigenvalue weighted by atomic mass is 10.4. The molecular weight excluding hydrogens is 130 g/mol. The first-order valence-corrected chi connectivity index (χ1v) is 2.91. The van der Waals surface area contributed by atoms with Gasteiger partial charge in [-0.25, -0.2) is 0 Å². The van der Waals surface area contributed by atoms with Gasteiger partial charge in [-0.1, -0.05) is 0 Å². The minimum Gasteiger partial charge on any atom is -0.506 e. The van der Waals surface area contributed by atoms with E-state index in [1.54, 1.807) is 12.1 Å². The third kappa shape index (κ3) is 0.515. The van der Waals surface area contributed by atoms with E-state index >= 15 is 0 Å². The average Bonchev–Trinajstić information content (AvgIpc) is 2.35. The van der Waals surface area contributed by atoms with Gasteiger partial charge in [-0.2, -0.15) is 0 Å². The Morgan fingerprint density at radius 2 is 2.20 bits per heavy atom. The fourth-order valence-electron chi connectivity index (χ4n) is 1.02. The van der Waals surface area contributed by atoms with Crippen LogP contribution in [0.2, 0.25) is 0 Å². The first-order chi connectivity index (χ1) is 4.77. The van der Waals surface area contributed by atoms with Gasteiger partial charge in [0, 0.05) is 12.1 Å². The van der Waals surface area contributed by atoms with Crippen LogP contribution in [0.1, 0.15) is 10.5 Å². The highest BCUT2D eigenvalue weighted by Crippen LogP contribution is 2.19. The van der Waals surface area contributed by atoms with Crippen LogP contribution in [0.25, 0.3) is 6.08 Å². The smallest absolute Gasteiger partial charge is 0.255 e. The second-order valence-corrected chi connectivity index (χ2v) is 2.16. The van der Waals surface area contributed by atoms with Gasteiger partial charge in [0.25, 0.3) is 5.91 Å². The third-order valence-corrected chi connectivity index (χ3v) is 1.47. The molecule has 1 N–H and O–H groups in total. The van der Waals surface area contributed by atoms with Gasteiger partial charge >= 0.3 is 0 Å². The Balaban J connectivity index is 2.68. The summed E-state index contributed by atoms with van der Waals surface area (Å²) < 4.78 is 1.40. The summed E-state index contributed by atoms with van der Waals surface area (Å²) in [5.41, 5.74) is 0.738. The molecule has 50 valence electrons. The van der Waals surface area contributed by atoms with Gasteiger partial charge in [0.2, 0.25) is 0 Å². The average molecular weight is 135 g/mol. The monoisotopic (exact) mass is 135 g/mol. The number of rotatable bonds is 0. The van der Waals surface area contributed by atoms with Crippen LogP contribution < -0.4 is 0 Å². The molecule has 0 aliphatic carbocycles. The van der Waals surface area contributed by atoms with Crippen molar-refractivity contribution in [3.8, 4) is 5.75 Å². The van der Waals surface area contributed by atoms with Crippen molar-refractivity contribution in [3.63, 3.8) is 0 Å². The summed E-state index contributed by atoms with van der Waals surface area (Å²) in [6, 6.07) is 1.54. The maximum absolute atomic E-state index is 10.8. The molecule has 0 saturated heterocycles. The van der Waals surface area contributed by atoms with Crippen LogP contribution in [0.5, 0.6) is 5.75 Å². The van der Waals surface area contributed by atoms with E-state index < -0.39 is 0 Å². The van der Waals surface area contributed by atoms with Gasteiger partial charge in [-0.15, -0.1) is 0 Å². The van der Waals surface area contributed by atoms with Gasteiger partial charge in [-0.05, 0) is 6.08 Å². The maximum Gasteiger partial charge on any atom is 0.255 e. The number of carbonyl (C=O) groups is 1. The summed E-state index contributed by atoms with van der Waals surface area (Å²) in [5.74, 6) is 0.0306. The lowest BCUT2D eigenvalue weighted by Crippen LogP contribution is -2.00. The number of carbonyl (C=O) groups excluding carboxylic acids is 1. The lowest BCUT2D eigenvalue weighted by molar-refractivity contribution is 0.0974. The minimum absolute atomic E-state index is 0.102. The SMILES string of the molecule is O=C1C=Cc2cc(O)cn21. The Morgan fingerprint density at radius 3 is 2.90 bits per heavy atom. The highest BCUT2D eigenvalue weighted by Gasteiger charge is 2.12. The van der Waals surface area contributed by atoms with Crippen molar-refractivity contribution in [1.82, 2.24) is 4.57 Å². The van der Waals surface area contributed by atoms with E-state index in [1.165, 1.54) is 16.8 Å². The fourth-order valence-corrected chi connectivity index (χ4v) is 1.02. The van der Waals surface area contributed by atoms with Crippen LogP contribution in [0.15, 0.2) is 18.3 Å². The van der Waals surface area contributed by atoms with E-state index in [-0.39, 0.29) is 11.7 Å². The number of nitrogens with zero attached hydrogens (tertiary/aromatic N) is 1. The van der Waals surface area contributed by atoms with Gasteiger partial charge in [0.15, 0.2) is 0 Å². The second-order valence-electron chi connectivity index (χ2n) is 2.16. The zero-order chi connectivity index (χ0) is 7.14. The summed E-state index contributed by atoms with van der Waals surface area (Å²) in [4.78, 5) is 10.8. The number of hydrogen-bond donors (Lipinski definition) is 1. The van der Waals surface area contributed by atoms with Crippen LogP contribution >= 0.6 is 0 Å². The largest absolute Gasteiger partial charge is 0.506 e. The topological polar surface area (TPSA) is 42.2 Å². The molecule has 0 aromatic carbocycles. The Kier molecular flexibility index (Phi) is 0.795. The van der Waals surface area contributed by atoms with Crippen molar-refractivity contribution >= 4 is 12.0 Å². The van der Waals surface area contributed by atoms with E-state index in [4.69, 9.17) is 5.11 Å². The van der Waals surface area contributed by atoms with Gasteiger partial charge in [0.1, 0.15) is 5.75 Å². The van der Waals surface area contributed by atoms with Crippen molar-refractivity contribution in [2.24, 2.45) is 0 Å². The molecule has 0 unspecified atom stereocenters. The molecule has 2 rings (SSSR count). The molecule has 1 aliphatic heterocycles. The quantitative estimate of drug-likeness (QED) is 0.573. The number of fused-ring (bicyclic) bond motifs is 1. The van der Waals surface area contributed by atoms with Crippen molar-refractivity contribution in [2.45, 2.75) is 0 Å². The molecule has 0 amide bonds. The van der Waals surface area contributed by atoms with Crippen molar-refractivity contribution in [1.29, 1.82) is 0 Å². The number of aromatic nitrogens is 1. The Hall–Kier alpha value is -1.51. The number of hydrogen-bond acceptors (Lipinski definition) is 2. The molecule has 0 saturated carbocycles. The molecule has 1 aromatic rings. The van der Waals surface area contributed by atoms with Crippen LogP contribution in [-0.4, -0.2) is 15.6 Å². The van der Waals surface area contributed by atoms with Crippen LogP contribution in [0.4, 0.5) is 0 Å². The molecule has 10 heavy (non-hydrogen) atoms. The van der Waals surface area contributed by atoms with Gasteiger partial charge in [-0.3, -0.25) is 9.36 Å². The fraction of sp³-hybridized carbons (Fsp3) is 0. The first kappa shape index (κ1) is 5.29. The second kappa shape index (κ2) is 1.50. The molecular formula is C7H5NO2. The predicted octanol–water partition coefficient (Wildman–Crippen LogP) is 0.861. The highest BCUT2D eigenvalue weighted by atomic mass is 16.3.